The summed E-state index contributed by atoms with van der Waals surface area (Å²) in [4.78, 5) is 13.5. The predicted molar refractivity (Wildman–Crippen MR) is 60.2 cm³/mol. The van der Waals surface area contributed by atoms with Crippen LogP contribution in [0.1, 0.15) is 19.8 Å². The third-order valence-electron chi connectivity index (χ3n) is 2.75. The molecule has 0 spiro atoms. The smallest absolute Gasteiger partial charge is 0.369 e. The number of rotatable bonds is 5. The van der Waals surface area contributed by atoms with Gasteiger partial charge in [0.25, 0.3) is 5.91 Å². The molecule has 1 saturated heterocycles. The number of hydrogen-bond donors (Lipinski definition) is 1. The number of nitrogens with zero attached hydrogens (tertiary/aromatic N) is 1. The molecule has 1 rings (SSSR count). The maximum absolute atomic E-state index is 11.9. The minimum Gasteiger partial charge on any atom is -0.369 e. The largest absolute Gasteiger partial charge is 0.389 e. The Balaban J connectivity index is 2.19. The molecule has 18 heavy (non-hydrogen) atoms. The fraction of sp³-hybridized carbons (Fsp3) is 0.909. The van der Waals surface area contributed by atoms with Crippen molar-refractivity contribution in [2.75, 3.05) is 32.8 Å². The van der Waals surface area contributed by atoms with Crippen LogP contribution in [-0.2, 0) is 9.53 Å². The normalized spacial score (nSPS) is 18.8. The van der Waals surface area contributed by atoms with Crippen LogP contribution in [0.4, 0.5) is 13.2 Å². The van der Waals surface area contributed by atoms with Gasteiger partial charge in [0.1, 0.15) is 6.10 Å². The second-order valence-corrected chi connectivity index (χ2v) is 4.31. The van der Waals surface area contributed by atoms with Gasteiger partial charge in [-0.2, -0.15) is 13.2 Å². The highest BCUT2D eigenvalue weighted by molar-refractivity contribution is 5.80. The van der Waals surface area contributed by atoms with Crippen LogP contribution < -0.4 is 5.32 Å². The number of alkyl halides is 3. The second kappa shape index (κ2) is 6.94. The number of ether oxygens (including phenoxy) is 1. The van der Waals surface area contributed by atoms with Crippen molar-refractivity contribution in [3.63, 3.8) is 0 Å². The van der Waals surface area contributed by atoms with Gasteiger partial charge in [0.05, 0.1) is 0 Å². The highest BCUT2D eigenvalue weighted by atomic mass is 19.4. The molecule has 1 atom stereocenters. The molecule has 0 aromatic carbocycles. The number of hydrogen-bond acceptors (Lipinski definition) is 3. The van der Waals surface area contributed by atoms with Crippen molar-refractivity contribution in [1.82, 2.24) is 10.2 Å². The summed E-state index contributed by atoms with van der Waals surface area (Å²) in [6, 6.07) is 0. The first-order valence-electron chi connectivity index (χ1n) is 6.08. The molecule has 106 valence electrons. The van der Waals surface area contributed by atoms with Gasteiger partial charge in [-0.3, -0.25) is 4.79 Å². The Labute approximate surface area is 104 Å². The molecule has 0 radical (unpaired) electrons. The number of nitrogens with one attached hydrogen (secondary N) is 1. The van der Waals surface area contributed by atoms with Gasteiger partial charge in [-0.1, -0.05) is 0 Å². The molecule has 0 saturated carbocycles. The number of carbonyl (C=O) groups excluding carboxylic acids is 1. The molecule has 0 aromatic rings. The van der Waals surface area contributed by atoms with Gasteiger partial charge in [0.15, 0.2) is 0 Å². The first-order valence-corrected chi connectivity index (χ1v) is 6.08. The van der Waals surface area contributed by atoms with Crippen LogP contribution in [0.15, 0.2) is 0 Å². The van der Waals surface area contributed by atoms with Gasteiger partial charge in [0, 0.05) is 39.2 Å². The molecule has 1 amide bonds. The van der Waals surface area contributed by atoms with E-state index in [0.717, 1.165) is 13.1 Å². The molecule has 4 nitrogen and oxygen atoms in total. The Kier molecular flexibility index (Phi) is 5.87. The molecule has 1 aliphatic heterocycles. The number of amides is 1. The Morgan fingerprint density at radius 3 is 2.56 bits per heavy atom. The SMILES string of the molecule is CC(OCCCC(F)(F)F)C(=O)N1CCNCC1. The summed E-state index contributed by atoms with van der Waals surface area (Å²) in [5.41, 5.74) is 0. The molecule has 7 heteroatoms. The van der Waals surface area contributed by atoms with Gasteiger partial charge in [-0.25, -0.2) is 0 Å². The lowest BCUT2D eigenvalue weighted by Crippen LogP contribution is -2.49. The standard InChI is InChI=1S/C11H19F3N2O2/c1-9(18-8-2-3-11(12,13)14)10(17)16-6-4-15-5-7-16/h9,15H,2-8H2,1H3. The zero-order valence-electron chi connectivity index (χ0n) is 10.4. The zero-order valence-corrected chi connectivity index (χ0v) is 10.4. The molecule has 1 unspecified atom stereocenters. The van der Waals surface area contributed by atoms with Crippen molar-refractivity contribution in [1.29, 1.82) is 0 Å². The van der Waals surface area contributed by atoms with E-state index in [4.69, 9.17) is 4.74 Å². The fourth-order valence-corrected chi connectivity index (χ4v) is 1.75. The van der Waals surface area contributed by atoms with Crippen molar-refractivity contribution in [2.24, 2.45) is 0 Å². The van der Waals surface area contributed by atoms with E-state index in [2.05, 4.69) is 5.32 Å². The molecular weight excluding hydrogens is 249 g/mol. The van der Waals surface area contributed by atoms with Crippen LogP contribution in [0.3, 0.4) is 0 Å². The van der Waals surface area contributed by atoms with E-state index < -0.39 is 18.7 Å². The summed E-state index contributed by atoms with van der Waals surface area (Å²) >= 11 is 0. The first-order chi connectivity index (χ1) is 8.40. The van der Waals surface area contributed by atoms with E-state index in [1.807, 2.05) is 0 Å². The molecule has 0 aliphatic carbocycles. The number of halogens is 3. The number of carbonyl (C=O) groups is 1. The van der Waals surface area contributed by atoms with Crippen molar-refractivity contribution < 1.29 is 22.7 Å². The highest BCUT2D eigenvalue weighted by Crippen LogP contribution is 2.21. The van der Waals surface area contributed by atoms with E-state index in [1.54, 1.807) is 11.8 Å². The summed E-state index contributed by atoms with van der Waals surface area (Å²) < 4.78 is 40.8. The van der Waals surface area contributed by atoms with Gasteiger partial charge >= 0.3 is 6.18 Å². The minimum absolute atomic E-state index is 0.0431. The lowest BCUT2D eigenvalue weighted by Gasteiger charge is -2.29. The molecular formula is C11H19F3N2O2. The van der Waals surface area contributed by atoms with Crippen molar-refractivity contribution in [3.05, 3.63) is 0 Å². The quantitative estimate of drug-likeness (QED) is 0.761. The summed E-state index contributed by atoms with van der Waals surface area (Å²) in [6.07, 6.45) is -5.81. The fourth-order valence-electron chi connectivity index (χ4n) is 1.75. The maximum atomic E-state index is 11.9. The third kappa shape index (κ3) is 5.68. The van der Waals surface area contributed by atoms with Gasteiger partial charge in [-0.15, -0.1) is 0 Å². The lowest BCUT2D eigenvalue weighted by molar-refractivity contribution is -0.147. The van der Waals surface area contributed by atoms with Crippen molar-refractivity contribution in [2.45, 2.75) is 32.0 Å². The van der Waals surface area contributed by atoms with E-state index >= 15 is 0 Å². The molecule has 1 fully saturated rings. The van der Waals surface area contributed by atoms with Crippen molar-refractivity contribution >= 4 is 5.91 Å². The molecule has 0 bridgehead atoms. The Hall–Kier alpha value is -0.820. The molecule has 1 heterocycles. The summed E-state index contributed by atoms with van der Waals surface area (Å²) in [7, 11) is 0. The number of piperazine rings is 1. The minimum atomic E-state index is -4.16. The first kappa shape index (κ1) is 15.2. The Morgan fingerprint density at radius 1 is 1.39 bits per heavy atom. The third-order valence-corrected chi connectivity index (χ3v) is 2.75. The van der Waals surface area contributed by atoms with Crippen LogP contribution in [0, 0.1) is 0 Å². The Morgan fingerprint density at radius 2 is 2.00 bits per heavy atom. The van der Waals surface area contributed by atoms with Crippen LogP contribution in [0.5, 0.6) is 0 Å². The Bertz CT molecular complexity index is 266. The average molecular weight is 268 g/mol. The summed E-state index contributed by atoms with van der Waals surface area (Å²) in [5.74, 6) is -0.150. The van der Waals surface area contributed by atoms with E-state index in [-0.39, 0.29) is 18.9 Å². The van der Waals surface area contributed by atoms with Crippen molar-refractivity contribution in [3.8, 4) is 0 Å². The van der Waals surface area contributed by atoms with Gasteiger partial charge < -0.3 is 15.0 Å². The van der Waals surface area contributed by atoms with Gasteiger partial charge in [-0.05, 0) is 13.3 Å². The lowest BCUT2D eigenvalue weighted by atomic mass is 10.3. The monoisotopic (exact) mass is 268 g/mol. The summed E-state index contributed by atoms with van der Waals surface area (Å²) in [5, 5.41) is 3.12. The van der Waals surface area contributed by atoms with Gasteiger partial charge in [0.2, 0.25) is 0 Å². The zero-order chi connectivity index (χ0) is 13.6. The van der Waals surface area contributed by atoms with Crippen LogP contribution >= 0.6 is 0 Å². The molecule has 0 aromatic heterocycles. The average Bonchev–Trinajstić information content (AvgIpc) is 2.33. The van der Waals surface area contributed by atoms with E-state index in [9.17, 15) is 18.0 Å². The van der Waals surface area contributed by atoms with E-state index in [1.165, 1.54) is 0 Å². The second-order valence-electron chi connectivity index (χ2n) is 4.31. The predicted octanol–water partition coefficient (Wildman–Crippen LogP) is 1.17. The maximum Gasteiger partial charge on any atom is 0.389 e. The molecule has 1 N–H and O–H groups in total. The molecule has 1 aliphatic rings. The highest BCUT2D eigenvalue weighted by Gasteiger charge is 2.27. The van der Waals surface area contributed by atoms with Crippen LogP contribution in [0.25, 0.3) is 0 Å². The van der Waals surface area contributed by atoms with E-state index in [0.29, 0.717) is 13.1 Å². The topological polar surface area (TPSA) is 41.6 Å². The van der Waals surface area contributed by atoms with Crippen LogP contribution in [-0.4, -0.2) is 55.9 Å². The van der Waals surface area contributed by atoms with Crippen LogP contribution in [0.2, 0.25) is 0 Å². The summed E-state index contributed by atoms with van der Waals surface area (Å²) in [6.45, 7) is 4.26.